The van der Waals surface area contributed by atoms with Gasteiger partial charge in [0, 0.05) is 27.3 Å². The Bertz CT molecular complexity index is 610. The molecule has 5 heteroatoms. The van der Waals surface area contributed by atoms with E-state index in [-0.39, 0.29) is 0 Å². The summed E-state index contributed by atoms with van der Waals surface area (Å²) in [6.45, 7) is 3.70. The molecule has 0 saturated heterocycles. The van der Waals surface area contributed by atoms with Gasteiger partial charge in [-0.2, -0.15) is 0 Å². The summed E-state index contributed by atoms with van der Waals surface area (Å²) in [5, 5.41) is 12.3. The highest BCUT2D eigenvalue weighted by atomic mass is 79.9. The molecule has 0 amide bonds. The summed E-state index contributed by atoms with van der Waals surface area (Å²) in [5.74, 6) is -0.907. The first-order valence-electron chi connectivity index (χ1n) is 6.40. The van der Waals surface area contributed by atoms with Gasteiger partial charge in [0.2, 0.25) is 0 Å². The maximum Gasteiger partial charge on any atom is 0.335 e. The molecule has 0 aliphatic heterocycles. The number of rotatable bonds is 6. The Morgan fingerprint density at radius 2 is 2.00 bits per heavy atom. The van der Waals surface area contributed by atoms with Crippen LogP contribution in [0.3, 0.4) is 0 Å². The molecule has 20 heavy (non-hydrogen) atoms. The lowest BCUT2D eigenvalue weighted by molar-refractivity contribution is 0.0697. The molecule has 2 N–H and O–H groups in total. The number of thiophene rings is 1. The third kappa shape index (κ3) is 3.91. The van der Waals surface area contributed by atoms with Gasteiger partial charge in [0.05, 0.1) is 5.56 Å². The van der Waals surface area contributed by atoms with Gasteiger partial charge in [0.15, 0.2) is 0 Å². The molecule has 0 unspecified atom stereocenters. The molecule has 106 valence electrons. The predicted octanol–water partition coefficient (Wildman–Crippen LogP) is 4.06. The van der Waals surface area contributed by atoms with Crippen molar-refractivity contribution in [3.05, 3.63) is 55.7 Å². The summed E-state index contributed by atoms with van der Waals surface area (Å²) in [4.78, 5) is 13.6. The number of hydrogen-bond donors (Lipinski definition) is 2. The quantitative estimate of drug-likeness (QED) is 0.823. The third-order valence-electron chi connectivity index (χ3n) is 2.98. The van der Waals surface area contributed by atoms with E-state index in [1.54, 1.807) is 12.1 Å². The number of halogens is 1. The predicted molar refractivity (Wildman–Crippen MR) is 85.3 cm³/mol. The molecular weight excluding hydrogens is 338 g/mol. The van der Waals surface area contributed by atoms with Crippen LogP contribution >= 0.6 is 27.3 Å². The van der Waals surface area contributed by atoms with Gasteiger partial charge in [-0.1, -0.05) is 28.9 Å². The maximum atomic E-state index is 10.9. The standard InChI is InChI=1S/C15H16BrNO2S/c1-2-12-5-6-13(20-12)9-17-8-11-4-3-10(15(18)19)7-14(11)16/h3-7,17H,2,8-9H2,1H3,(H,18,19). The minimum atomic E-state index is -0.907. The van der Waals surface area contributed by atoms with Crippen LogP contribution < -0.4 is 5.32 Å². The Labute approximate surface area is 130 Å². The van der Waals surface area contributed by atoms with Crippen molar-refractivity contribution in [2.75, 3.05) is 0 Å². The van der Waals surface area contributed by atoms with Gasteiger partial charge in [-0.25, -0.2) is 4.79 Å². The average molecular weight is 354 g/mol. The Morgan fingerprint density at radius 3 is 2.60 bits per heavy atom. The number of benzene rings is 1. The van der Waals surface area contributed by atoms with E-state index >= 15 is 0 Å². The molecule has 1 aromatic carbocycles. The lowest BCUT2D eigenvalue weighted by Gasteiger charge is -2.07. The van der Waals surface area contributed by atoms with Crippen molar-refractivity contribution in [1.82, 2.24) is 5.32 Å². The monoisotopic (exact) mass is 353 g/mol. The van der Waals surface area contributed by atoms with E-state index in [0.717, 1.165) is 23.0 Å². The minimum absolute atomic E-state index is 0.298. The fraction of sp³-hybridized carbons (Fsp3) is 0.267. The first kappa shape index (κ1) is 15.2. The third-order valence-corrected chi connectivity index (χ3v) is 4.95. The van der Waals surface area contributed by atoms with Crippen LogP contribution in [-0.4, -0.2) is 11.1 Å². The second kappa shape index (κ2) is 7.02. The first-order chi connectivity index (χ1) is 9.60. The van der Waals surface area contributed by atoms with E-state index in [2.05, 4.69) is 40.3 Å². The molecule has 0 aliphatic carbocycles. The molecule has 3 nitrogen and oxygen atoms in total. The molecular formula is C15H16BrNO2S. The van der Waals surface area contributed by atoms with Crippen molar-refractivity contribution in [2.45, 2.75) is 26.4 Å². The number of carbonyl (C=O) groups is 1. The first-order valence-corrected chi connectivity index (χ1v) is 8.01. The molecule has 2 rings (SSSR count). The fourth-order valence-corrected chi connectivity index (χ4v) is 3.30. The highest BCUT2D eigenvalue weighted by molar-refractivity contribution is 9.10. The highest BCUT2D eigenvalue weighted by Gasteiger charge is 2.06. The number of hydrogen-bond acceptors (Lipinski definition) is 3. The van der Waals surface area contributed by atoms with Crippen LogP contribution in [0.15, 0.2) is 34.8 Å². The van der Waals surface area contributed by atoms with Crippen LogP contribution in [0.2, 0.25) is 0 Å². The topological polar surface area (TPSA) is 49.3 Å². The van der Waals surface area contributed by atoms with Crippen molar-refractivity contribution < 1.29 is 9.90 Å². The number of carboxylic acid groups (broad SMARTS) is 1. The highest BCUT2D eigenvalue weighted by Crippen LogP contribution is 2.20. The Kier molecular flexibility index (Phi) is 5.34. The van der Waals surface area contributed by atoms with Gasteiger partial charge in [0.25, 0.3) is 0 Å². The van der Waals surface area contributed by atoms with E-state index in [4.69, 9.17) is 5.11 Å². The molecule has 0 spiro atoms. The molecule has 0 atom stereocenters. The summed E-state index contributed by atoms with van der Waals surface area (Å²) in [6.07, 6.45) is 1.08. The molecule has 1 heterocycles. The zero-order chi connectivity index (χ0) is 14.5. The van der Waals surface area contributed by atoms with Crippen molar-refractivity contribution >= 4 is 33.2 Å². The summed E-state index contributed by atoms with van der Waals surface area (Å²) < 4.78 is 0.824. The van der Waals surface area contributed by atoms with Crippen LogP contribution in [0, 0.1) is 0 Å². The van der Waals surface area contributed by atoms with Crippen molar-refractivity contribution in [2.24, 2.45) is 0 Å². The Morgan fingerprint density at radius 1 is 1.25 bits per heavy atom. The fourth-order valence-electron chi connectivity index (χ4n) is 1.85. The van der Waals surface area contributed by atoms with E-state index in [1.807, 2.05) is 17.4 Å². The van der Waals surface area contributed by atoms with E-state index in [0.29, 0.717) is 12.1 Å². The summed E-state index contributed by atoms with van der Waals surface area (Å²) in [7, 11) is 0. The molecule has 0 bridgehead atoms. The van der Waals surface area contributed by atoms with Gasteiger partial charge in [0.1, 0.15) is 0 Å². The van der Waals surface area contributed by atoms with Crippen LogP contribution in [0.5, 0.6) is 0 Å². The molecule has 1 aromatic heterocycles. The van der Waals surface area contributed by atoms with Crippen molar-refractivity contribution in [3.63, 3.8) is 0 Å². The van der Waals surface area contributed by atoms with Gasteiger partial charge in [-0.15, -0.1) is 11.3 Å². The van der Waals surface area contributed by atoms with Gasteiger partial charge < -0.3 is 10.4 Å². The van der Waals surface area contributed by atoms with Gasteiger partial charge >= 0.3 is 5.97 Å². The Balaban J connectivity index is 1.92. The second-order valence-corrected chi connectivity index (χ2v) is 6.54. The largest absolute Gasteiger partial charge is 0.478 e. The SMILES string of the molecule is CCc1ccc(CNCc2ccc(C(=O)O)cc2Br)s1. The number of carboxylic acids is 1. The zero-order valence-corrected chi connectivity index (χ0v) is 13.6. The summed E-state index contributed by atoms with van der Waals surface area (Å²) in [5.41, 5.74) is 1.36. The zero-order valence-electron chi connectivity index (χ0n) is 11.1. The molecule has 0 radical (unpaired) electrons. The summed E-state index contributed by atoms with van der Waals surface area (Å²) >= 11 is 5.24. The van der Waals surface area contributed by atoms with Crippen molar-refractivity contribution in [1.29, 1.82) is 0 Å². The van der Waals surface area contributed by atoms with E-state index < -0.39 is 5.97 Å². The smallest absolute Gasteiger partial charge is 0.335 e. The number of nitrogens with one attached hydrogen (secondary N) is 1. The number of aromatic carboxylic acids is 1. The van der Waals surface area contributed by atoms with Gasteiger partial charge in [-0.05, 0) is 36.2 Å². The van der Waals surface area contributed by atoms with E-state index in [9.17, 15) is 4.79 Å². The normalized spacial score (nSPS) is 10.7. The van der Waals surface area contributed by atoms with Crippen LogP contribution in [0.25, 0.3) is 0 Å². The second-order valence-electron chi connectivity index (χ2n) is 4.44. The molecule has 0 fully saturated rings. The van der Waals surface area contributed by atoms with Crippen LogP contribution in [-0.2, 0) is 19.5 Å². The Hall–Kier alpha value is -1.17. The van der Waals surface area contributed by atoms with Gasteiger partial charge in [-0.3, -0.25) is 0 Å². The van der Waals surface area contributed by atoms with Crippen LogP contribution in [0.4, 0.5) is 0 Å². The van der Waals surface area contributed by atoms with E-state index in [1.165, 1.54) is 9.75 Å². The average Bonchev–Trinajstić information content (AvgIpc) is 2.88. The molecule has 0 aliphatic rings. The minimum Gasteiger partial charge on any atom is -0.478 e. The number of aryl methyl sites for hydroxylation is 1. The molecule has 0 saturated carbocycles. The lowest BCUT2D eigenvalue weighted by Crippen LogP contribution is -2.12. The lowest BCUT2D eigenvalue weighted by atomic mass is 10.1. The maximum absolute atomic E-state index is 10.9. The summed E-state index contributed by atoms with van der Waals surface area (Å²) in [6, 6.07) is 9.43. The van der Waals surface area contributed by atoms with Crippen molar-refractivity contribution in [3.8, 4) is 0 Å². The van der Waals surface area contributed by atoms with Crippen LogP contribution in [0.1, 0.15) is 32.6 Å². The molecule has 2 aromatic rings.